The number of rotatable bonds is 6. The van der Waals surface area contributed by atoms with E-state index in [1.54, 1.807) is 6.20 Å². The van der Waals surface area contributed by atoms with Gasteiger partial charge in [0, 0.05) is 28.4 Å². The molecule has 1 aromatic carbocycles. The Balaban J connectivity index is 0.00000231. The van der Waals surface area contributed by atoms with Crippen LogP contribution < -0.4 is 4.74 Å². The summed E-state index contributed by atoms with van der Waals surface area (Å²) in [5.41, 5.74) is 3.52. The minimum atomic E-state index is -1.33. The van der Waals surface area contributed by atoms with Crippen LogP contribution in [0.3, 0.4) is 0 Å². The van der Waals surface area contributed by atoms with Gasteiger partial charge in [-0.25, -0.2) is 0 Å². The molecule has 1 unspecified atom stereocenters. The van der Waals surface area contributed by atoms with Crippen molar-refractivity contribution < 1.29 is 18.8 Å². The molecule has 1 spiro atoms. The number of nitrogens with one attached hydrogen (secondary N) is 1. The first-order valence-corrected chi connectivity index (χ1v) is 11.6. The summed E-state index contributed by atoms with van der Waals surface area (Å²) in [4.78, 5) is 12.0. The fourth-order valence-electron chi connectivity index (χ4n) is 3.94. The predicted molar refractivity (Wildman–Crippen MR) is 120 cm³/mol. The maximum atomic E-state index is 12.8. The maximum absolute atomic E-state index is 12.8. The first kappa shape index (κ1) is 23.0. The van der Waals surface area contributed by atoms with Crippen LogP contribution in [-0.4, -0.2) is 75.2 Å². The van der Waals surface area contributed by atoms with Crippen LogP contribution in [0.2, 0.25) is 0 Å². The number of fused-ring (bicyclic) bond motifs is 1. The van der Waals surface area contributed by atoms with Crippen LogP contribution in [0.15, 0.2) is 41.7 Å². The van der Waals surface area contributed by atoms with E-state index in [1.165, 1.54) is 19.3 Å². The molecule has 2 fully saturated rings. The van der Waals surface area contributed by atoms with Gasteiger partial charge in [-0.05, 0) is 38.0 Å². The number of ether oxygens (including phenoxy) is 3. The number of imidazole rings is 1. The summed E-state index contributed by atoms with van der Waals surface area (Å²) in [7, 11) is 0. The summed E-state index contributed by atoms with van der Waals surface area (Å²) in [6.07, 6.45) is 4.98. The number of nitrogens with zero attached hydrogens (tertiary/aromatic N) is 2. The molecule has 1 saturated heterocycles. The van der Waals surface area contributed by atoms with Gasteiger partial charge in [-0.3, -0.25) is 9.97 Å². The molecule has 0 amide bonds. The van der Waals surface area contributed by atoms with Crippen molar-refractivity contribution in [1.82, 2.24) is 15.0 Å². The Morgan fingerprint density at radius 1 is 1.23 bits per heavy atom. The number of H-pyrrole nitrogens is 1. The van der Waals surface area contributed by atoms with Crippen LogP contribution in [0.25, 0.3) is 11.0 Å². The van der Waals surface area contributed by atoms with Crippen molar-refractivity contribution >= 4 is 51.8 Å². The molecule has 0 radical (unpaired) electrons. The van der Waals surface area contributed by atoms with Gasteiger partial charge in [0.15, 0.2) is 12.0 Å². The molecule has 7 nitrogen and oxygen atoms in total. The van der Waals surface area contributed by atoms with E-state index in [0.29, 0.717) is 17.5 Å². The van der Waals surface area contributed by atoms with Crippen LogP contribution in [0.5, 0.6) is 5.75 Å². The van der Waals surface area contributed by atoms with Gasteiger partial charge in [0.05, 0.1) is 29.9 Å². The molecule has 3 heterocycles. The third kappa shape index (κ3) is 4.95. The SMILES string of the molecule is Cc1c(OCC2OCC3(CCC3)CO2)ccnc1C[S+]([O-])c1nc2ccccc2[nH]1.[NaH]. The van der Waals surface area contributed by atoms with Crippen LogP contribution in [-0.2, 0) is 26.4 Å². The van der Waals surface area contributed by atoms with Crippen molar-refractivity contribution in [1.29, 1.82) is 0 Å². The monoisotopic (exact) mass is 451 g/mol. The molecule has 9 heteroatoms. The molecule has 5 rings (SSSR count). The van der Waals surface area contributed by atoms with E-state index in [0.717, 1.165) is 35.5 Å². The summed E-state index contributed by atoms with van der Waals surface area (Å²) in [5.74, 6) is 0.972. The Labute approximate surface area is 206 Å². The van der Waals surface area contributed by atoms with Gasteiger partial charge in [-0.1, -0.05) is 18.6 Å². The van der Waals surface area contributed by atoms with Gasteiger partial charge in [-0.15, -0.1) is 0 Å². The van der Waals surface area contributed by atoms with Crippen molar-refractivity contribution in [2.45, 2.75) is 43.4 Å². The molecule has 3 aromatic rings. The standard InChI is InChI=1S/C22H25N3O4S.Na.H/c1-15-18(12-30(26)21-24-16-5-2-3-6-17(16)25-21)23-10-7-19(15)27-11-20-28-13-22(14-29-20)8-4-9-22;;/h2-3,5-7,10,20H,4,8-9,11-14H2,1H3,(H,24,25);;. The van der Waals surface area contributed by atoms with Crippen LogP contribution in [0.1, 0.15) is 30.5 Å². The Hall–Kier alpha value is -1.13. The third-order valence-corrected chi connectivity index (χ3v) is 7.21. The van der Waals surface area contributed by atoms with Gasteiger partial charge < -0.3 is 18.8 Å². The fourth-order valence-corrected chi connectivity index (χ4v) is 5.04. The Morgan fingerprint density at radius 2 is 2.00 bits per heavy atom. The molecular formula is C22H26N3NaO4S. The quantitative estimate of drug-likeness (QED) is 0.458. The van der Waals surface area contributed by atoms with E-state index in [1.807, 2.05) is 37.3 Å². The van der Waals surface area contributed by atoms with Crippen LogP contribution >= 0.6 is 0 Å². The number of aromatic nitrogens is 3. The zero-order valence-corrected chi connectivity index (χ0v) is 17.7. The molecule has 1 aliphatic heterocycles. The van der Waals surface area contributed by atoms with Crippen LogP contribution in [0, 0.1) is 12.3 Å². The number of aromatic amines is 1. The molecule has 2 aromatic heterocycles. The van der Waals surface area contributed by atoms with E-state index in [9.17, 15) is 4.55 Å². The topological polar surface area (TPSA) is 92.3 Å². The van der Waals surface area contributed by atoms with Crippen molar-refractivity contribution in [3.8, 4) is 5.75 Å². The molecule has 0 bridgehead atoms. The average molecular weight is 452 g/mol. The molecular weight excluding hydrogens is 425 g/mol. The molecule has 1 N–H and O–H groups in total. The second-order valence-electron chi connectivity index (χ2n) is 8.15. The number of hydrogen-bond acceptors (Lipinski definition) is 6. The normalized spacial score (nSPS) is 19.0. The third-order valence-electron chi connectivity index (χ3n) is 6.05. The molecule has 160 valence electrons. The van der Waals surface area contributed by atoms with E-state index >= 15 is 0 Å². The summed E-state index contributed by atoms with van der Waals surface area (Å²) in [5, 5.41) is 0.456. The van der Waals surface area contributed by atoms with Gasteiger partial charge in [-0.2, -0.15) is 4.98 Å². The summed E-state index contributed by atoms with van der Waals surface area (Å²) in [6, 6.07) is 9.47. The van der Waals surface area contributed by atoms with Gasteiger partial charge in [0.2, 0.25) is 0 Å². The van der Waals surface area contributed by atoms with Crippen molar-refractivity contribution in [2.75, 3.05) is 19.8 Å². The molecule has 1 aliphatic carbocycles. The molecule has 1 atom stereocenters. The summed E-state index contributed by atoms with van der Waals surface area (Å²) < 4.78 is 30.5. The van der Waals surface area contributed by atoms with Gasteiger partial charge in [0.1, 0.15) is 12.4 Å². The minimum absolute atomic E-state index is 0. The number of benzene rings is 1. The first-order valence-electron chi connectivity index (χ1n) is 10.3. The van der Waals surface area contributed by atoms with Crippen LogP contribution in [0.4, 0.5) is 0 Å². The first-order chi connectivity index (χ1) is 14.6. The summed E-state index contributed by atoms with van der Waals surface area (Å²) in [6.45, 7) is 3.75. The van der Waals surface area contributed by atoms with Gasteiger partial charge >= 0.3 is 34.7 Å². The second kappa shape index (κ2) is 9.79. The number of para-hydroxylation sites is 2. The number of pyridine rings is 1. The number of hydrogen-bond donors (Lipinski definition) is 1. The average Bonchev–Trinajstić information content (AvgIpc) is 3.18. The second-order valence-corrected chi connectivity index (χ2v) is 9.51. The van der Waals surface area contributed by atoms with Crippen molar-refractivity contribution in [3.05, 3.63) is 47.8 Å². The Bertz CT molecular complexity index is 1000. The van der Waals surface area contributed by atoms with Gasteiger partial charge in [0.25, 0.3) is 0 Å². The zero-order valence-electron chi connectivity index (χ0n) is 16.9. The Kier molecular flexibility index (Phi) is 7.27. The Morgan fingerprint density at radius 3 is 2.71 bits per heavy atom. The summed E-state index contributed by atoms with van der Waals surface area (Å²) >= 11 is -1.33. The predicted octanol–water partition coefficient (Wildman–Crippen LogP) is 2.85. The van der Waals surface area contributed by atoms with Crippen molar-refractivity contribution in [3.63, 3.8) is 0 Å². The molecule has 2 aliphatic rings. The van der Waals surface area contributed by atoms with E-state index in [4.69, 9.17) is 14.2 Å². The zero-order chi connectivity index (χ0) is 20.6. The van der Waals surface area contributed by atoms with E-state index in [2.05, 4.69) is 15.0 Å². The molecule has 1 saturated carbocycles. The fraction of sp³-hybridized carbons (Fsp3) is 0.455. The van der Waals surface area contributed by atoms with E-state index < -0.39 is 11.2 Å². The molecule has 31 heavy (non-hydrogen) atoms. The van der Waals surface area contributed by atoms with E-state index in [-0.39, 0.29) is 47.0 Å². The van der Waals surface area contributed by atoms with Crippen molar-refractivity contribution in [2.24, 2.45) is 5.41 Å².